The number of carbonyl (C=O) groups excluding carboxylic acids is 1. The molecule has 0 spiro atoms. The highest BCUT2D eigenvalue weighted by molar-refractivity contribution is 5.92. The molecule has 1 heterocycles. The lowest BCUT2D eigenvalue weighted by atomic mass is 9.91. The first-order chi connectivity index (χ1) is 8.59. The van der Waals surface area contributed by atoms with Crippen LogP contribution in [0.5, 0.6) is 0 Å². The average molecular weight is 266 g/mol. The molecular formula is C15H28N3O. The molecule has 0 aromatic heterocycles. The van der Waals surface area contributed by atoms with Crippen LogP contribution in [0.25, 0.3) is 0 Å². The van der Waals surface area contributed by atoms with Crippen molar-refractivity contribution in [3.05, 3.63) is 6.42 Å². The van der Waals surface area contributed by atoms with E-state index in [1.165, 1.54) is 0 Å². The summed E-state index contributed by atoms with van der Waals surface area (Å²) in [5, 5.41) is 2.98. The molecule has 1 rings (SSSR count). The highest BCUT2D eigenvalue weighted by Gasteiger charge is 2.24. The van der Waals surface area contributed by atoms with Crippen LogP contribution in [0, 0.1) is 17.3 Å². The molecule has 0 aliphatic carbocycles. The van der Waals surface area contributed by atoms with Gasteiger partial charge in [-0.1, -0.05) is 41.5 Å². The van der Waals surface area contributed by atoms with E-state index in [2.05, 4.69) is 42.4 Å². The van der Waals surface area contributed by atoms with Gasteiger partial charge in [-0.05, 0) is 5.41 Å². The molecule has 0 fully saturated rings. The largest absolute Gasteiger partial charge is 0.356 e. The number of nitrogens with one attached hydrogen (secondary N) is 1. The van der Waals surface area contributed by atoms with Gasteiger partial charge in [0.1, 0.15) is 5.84 Å². The van der Waals surface area contributed by atoms with E-state index in [0.29, 0.717) is 6.54 Å². The van der Waals surface area contributed by atoms with E-state index < -0.39 is 0 Å². The van der Waals surface area contributed by atoms with Gasteiger partial charge < -0.3 is 10.2 Å². The Bertz CT molecular complexity index is 347. The molecule has 109 valence electrons. The molecule has 0 bridgehead atoms. The minimum atomic E-state index is -0.320. The van der Waals surface area contributed by atoms with Crippen molar-refractivity contribution in [1.29, 1.82) is 0 Å². The van der Waals surface area contributed by atoms with Gasteiger partial charge in [-0.25, -0.2) is 0 Å². The summed E-state index contributed by atoms with van der Waals surface area (Å²) in [7, 11) is 0. The summed E-state index contributed by atoms with van der Waals surface area (Å²) in [6, 6.07) is 0. The van der Waals surface area contributed by atoms with Gasteiger partial charge in [0.25, 0.3) is 0 Å². The molecule has 19 heavy (non-hydrogen) atoms. The van der Waals surface area contributed by atoms with Crippen LogP contribution in [0.2, 0.25) is 0 Å². The van der Waals surface area contributed by atoms with Crippen LogP contribution in [-0.4, -0.2) is 42.8 Å². The molecule has 0 saturated heterocycles. The lowest BCUT2D eigenvalue weighted by Crippen LogP contribution is -2.41. The fraction of sp³-hybridized carbons (Fsp3) is 0.800. The fourth-order valence-corrected chi connectivity index (χ4v) is 1.82. The third-order valence-corrected chi connectivity index (χ3v) is 2.88. The summed E-state index contributed by atoms with van der Waals surface area (Å²) >= 11 is 0. The standard InChI is InChI=1S/C15H28N3O/c1-14(2,3)11-12-16-7-9-18(12)10-8-17-13(19)15(4,5)6/h11H,7-10H2,1-6H3,(H,17,19). The van der Waals surface area contributed by atoms with Gasteiger partial charge in [-0.15, -0.1) is 0 Å². The Morgan fingerprint density at radius 3 is 2.47 bits per heavy atom. The molecule has 0 aromatic rings. The predicted octanol–water partition coefficient (Wildman–Crippen LogP) is 2.11. The summed E-state index contributed by atoms with van der Waals surface area (Å²) in [6.45, 7) is 15.6. The Hall–Kier alpha value is -1.06. The molecule has 4 nitrogen and oxygen atoms in total. The fourth-order valence-electron chi connectivity index (χ4n) is 1.82. The van der Waals surface area contributed by atoms with E-state index in [-0.39, 0.29) is 16.7 Å². The van der Waals surface area contributed by atoms with Crippen molar-refractivity contribution in [3.63, 3.8) is 0 Å². The maximum absolute atomic E-state index is 11.8. The normalized spacial score (nSPS) is 16.5. The van der Waals surface area contributed by atoms with Gasteiger partial charge >= 0.3 is 0 Å². The molecule has 1 radical (unpaired) electrons. The first-order valence-electron chi connectivity index (χ1n) is 7.03. The van der Waals surface area contributed by atoms with Gasteiger partial charge in [0, 0.05) is 31.5 Å². The lowest BCUT2D eigenvalue weighted by molar-refractivity contribution is -0.128. The summed E-state index contributed by atoms with van der Waals surface area (Å²) in [4.78, 5) is 18.5. The van der Waals surface area contributed by atoms with E-state index in [9.17, 15) is 4.79 Å². The summed E-state index contributed by atoms with van der Waals surface area (Å²) in [5.41, 5.74) is -0.185. The van der Waals surface area contributed by atoms with Crippen molar-refractivity contribution in [2.45, 2.75) is 41.5 Å². The number of amides is 1. The van der Waals surface area contributed by atoms with Crippen LogP contribution in [-0.2, 0) is 4.79 Å². The zero-order valence-corrected chi connectivity index (χ0v) is 13.2. The average Bonchev–Trinajstić information content (AvgIpc) is 2.61. The number of hydrogen-bond donors (Lipinski definition) is 1. The molecule has 1 aliphatic rings. The number of aliphatic imine (C=N–C) groups is 1. The Labute approximate surface area is 117 Å². The Morgan fingerprint density at radius 2 is 1.95 bits per heavy atom. The Morgan fingerprint density at radius 1 is 1.32 bits per heavy atom. The first-order valence-corrected chi connectivity index (χ1v) is 7.03. The second-order valence-corrected chi connectivity index (χ2v) is 7.24. The monoisotopic (exact) mass is 266 g/mol. The zero-order valence-electron chi connectivity index (χ0n) is 13.2. The van der Waals surface area contributed by atoms with E-state index in [0.717, 1.165) is 25.5 Å². The summed E-state index contributed by atoms with van der Waals surface area (Å²) < 4.78 is 0. The smallest absolute Gasteiger partial charge is 0.225 e. The predicted molar refractivity (Wildman–Crippen MR) is 80.1 cm³/mol. The number of rotatable bonds is 4. The van der Waals surface area contributed by atoms with Crippen molar-refractivity contribution in [2.24, 2.45) is 15.8 Å². The molecule has 0 aromatic carbocycles. The van der Waals surface area contributed by atoms with Crippen molar-refractivity contribution >= 4 is 11.7 Å². The Kier molecular flexibility index (Phi) is 4.99. The quantitative estimate of drug-likeness (QED) is 0.847. The number of carbonyl (C=O) groups is 1. The van der Waals surface area contributed by atoms with Crippen molar-refractivity contribution in [2.75, 3.05) is 26.2 Å². The minimum Gasteiger partial charge on any atom is -0.356 e. The highest BCUT2D eigenvalue weighted by Crippen LogP contribution is 2.21. The van der Waals surface area contributed by atoms with Crippen LogP contribution in [0.3, 0.4) is 0 Å². The number of hydrogen-bond acceptors (Lipinski definition) is 3. The molecule has 1 amide bonds. The van der Waals surface area contributed by atoms with Gasteiger partial charge in [-0.2, -0.15) is 0 Å². The minimum absolute atomic E-state index is 0.102. The second-order valence-electron chi connectivity index (χ2n) is 7.24. The maximum Gasteiger partial charge on any atom is 0.225 e. The Balaban J connectivity index is 2.38. The first kappa shape index (κ1) is 16.0. The van der Waals surface area contributed by atoms with Gasteiger partial charge in [0.05, 0.1) is 6.54 Å². The van der Waals surface area contributed by atoms with E-state index in [1.807, 2.05) is 20.8 Å². The van der Waals surface area contributed by atoms with E-state index >= 15 is 0 Å². The highest BCUT2D eigenvalue weighted by atomic mass is 16.2. The van der Waals surface area contributed by atoms with Crippen LogP contribution < -0.4 is 5.32 Å². The zero-order chi connectivity index (χ0) is 14.7. The molecule has 0 atom stereocenters. The van der Waals surface area contributed by atoms with Gasteiger partial charge in [0.15, 0.2) is 0 Å². The molecule has 1 N–H and O–H groups in total. The SMILES string of the molecule is CC(C)(C)[CH]C1=NCCN1CCNC(=O)C(C)(C)C. The third kappa shape index (κ3) is 5.62. The van der Waals surface area contributed by atoms with Crippen molar-refractivity contribution < 1.29 is 4.79 Å². The molecule has 0 unspecified atom stereocenters. The second kappa shape index (κ2) is 5.93. The van der Waals surface area contributed by atoms with Crippen LogP contribution in [0.4, 0.5) is 0 Å². The molecule has 1 aliphatic heterocycles. The topological polar surface area (TPSA) is 44.7 Å². The number of amidine groups is 1. The molecule has 4 heteroatoms. The van der Waals surface area contributed by atoms with E-state index in [4.69, 9.17) is 0 Å². The van der Waals surface area contributed by atoms with Gasteiger partial charge in [0.2, 0.25) is 5.91 Å². The lowest BCUT2D eigenvalue weighted by Gasteiger charge is -2.26. The van der Waals surface area contributed by atoms with Crippen LogP contribution >= 0.6 is 0 Å². The molecule has 0 saturated carbocycles. The van der Waals surface area contributed by atoms with E-state index in [1.54, 1.807) is 0 Å². The molecular weight excluding hydrogens is 238 g/mol. The summed E-state index contributed by atoms with van der Waals surface area (Å²) in [5.74, 6) is 1.17. The third-order valence-electron chi connectivity index (χ3n) is 2.88. The van der Waals surface area contributed by atoms with Crippen LogP contribution in [0.15, 0.2) is 4.99 Å². The summed E-state index contributed by atoms with van der Waals surface area (Å²) in [6.07, 6.45) is 2.20. The van der Waals surface area contributed by atoms with Crippen molar-refractivity contribution in [3.8, 4) is 0 Å². The number of nitrogens with zero attached hydrogens (tertiary/aromatic N) is 2. The maximum atomic E-state index is 11.8. The van der Waals surface area contributed by atoms with Gasteiger partial charge in [-0.3, -0.25) is 9.79 Å². The van der Waals surface area contributed by atoms with Crippen molar-refractivity contribution in [1.82, 2.24) is 10.2 Å². The van der Waals surface area contributed by atoms with Crippen LogP contribution in [0.1, 0.15) is 41.5 Å².